The van der Waals surface area contributed by atoms with Gasteiger partial charge in [-0.1, -0.05) is 19.0 Å². The lowest BCUT2D eigenvalue weighted by molar-refractivity contribution is 0.178. The summed E-state index contributed by atoms with van der Waals surface area (Å²) in [6, 6.07) is 0.624. The largest absolute Gasteiger partial charge is 0.361 e. The van der Waals surface area contributed by atoms with Crippen LogP contribution in [0.1, 0.15) is 37.3 Å². The molecular weight excluding hydrogens is 226 g/mol. The molecule has 0 aliphatic carbocycles. The molecule has 1 fully saturated rings. The normalized spacial score (nSPS) is 21.7. The summed E-state index contributed by atoms with van der Waals surface area (Å²) in [7, 11) is 0. The van der Waals surface area contributed by atoms with Crippen molar-refractivity contribution in [1.29, 1.82) is 0 Å². The fraction of sp³-hybridized carbons (Fsp3) is 0.786. The van der Waals surface area contributed by atoms with Crippen molar-refractivity contribution in [2.75, 3.05) is 19.6 Å². The quantitative estimate of drug-likeness (QED) is 0.890. The summed E-state index contributed by atoms with van der Waals surface area (Å²) in [5, 5.41) is 7.64. The summed E-state index contributed by atoms with van der Waals surface area (Å²) in [5.74, 6) is 1.72. The molecule has 1 aromatic heterocycles. The van der Waals surface area contributed by atoms with Crippen LogP contribution in [0.2, 0.25) is 0 Å². The minimum Gasteiger partial charge on any atom is -0.361 e. The zero-order chi connectivity index (χ0) is 13.1. The summed E-state index contributed by atoms with van der Waals surface area (Å²) in [6.07, 6.45) is 1.25. The minimum atomic E-state index is 0.624. The summed E-state index contributed by atoms with van der Waals surface area (Å²) >= 11 is 0. The average Bonchev–Trinajstić information content (AvgIpc) is 2.60. The number of hydrogen-bond acceptors (Lipinski definition) is 4. The lowest BCUT2D eigenvalue weighted by Crippen LogP contribution is -2.50. The van der Waals surface area contributed by atoms with Gasteiger partial charge in [0.1, 0.15) is 5.76 Å². The van der Waals surface area contributed by atoms with Crippen molar-refractivity contribution in [3.63, 3.8) is 0 Å². The van der Waals surface area contributed by atoms with Crippen LogP contribution in [0.3, 0.4) is 0 Å². The van der Waals surface area contributed by atoms with E-state index in [-0.39, 0.29) is 0 Å². The molecule has 0 saturated carbocycles. The number of nitrogens with zero attached hydrogens (tertiary/aromatic N) is 2. The predicted octanol–water partition coefficient (Wildman–Crippen LogP) is 2.11. The van der Waals surface area contributed by atoms with E-state index in [1.807, 2.05) is 13.8 Å². The van der Waals surface area contributed by atoms with Crippen molar-refractivity contribution in [2.24, 2.45) is 5.92 Å². The Labute approximate surface area is 110 Å². The third-order valence-electron chi connectivity index (χ3n) is 3.66. The van der Waals surface area contributed by atoms with E-state index in [0.717, 1.165) is 43.6 Å². The maximum absolute atomic E-state index is 5.24. The number of hydrogen-bond donors (Lipinski definition) is 1. The van der Waals surface area contributed by atoms with Crippen molar-refractivity contribution >= 4 is 0 Å². The van der Waals surface area contributed by atoms with E-state index in [4.69, 9.17) is 4.52 Å². The first kappa shape index (κ1) is 13.6. The van der Waals surface area contributed by atoms with Crippen LogP contribution in [0.5, 0.6) is 0 Å². The Morgan fingerprint density at radius 2 is 2.22 bits per heavy atom. The SMILES string of the molecule is Cc1noc(C)c1CN1CCNC(CC(C)C)C1. The van der Waals surface area contributed by atoms with Crippen molar-refractivity contribution in [2.45, 2.75) is 46.7 Å². The smallest absolute Gasteiger partial charge is 0.138 e. The lowest BCUT2D eigenvalue weighted by atomic mass is 10.0. The molecule has 4 nitrogen and oxygen atoms in total. The van der Waals surface area contributed by atoms with E-state index < -0.39 is 0 Å². The fourth-order valence-corrected chi connectivity index (χ4v) is 2.72. The second-order valence-electron chi connectivity index (χ2n) is 5.82. The van der Waals surface area contributed by atoms with Crippen molar-refractivity contribution in [3.8, 4) is 0 Å². The van der Waals surface area contributed by atoms with Crippen LogP contribution in [-0.2, 0) is 6.54 Å². The molecule has 1 saturated heterocycles. The topological polar surface area (TPSA) is 41.3 Å². The van der Waals surface area contributed by atoms with E-state index in [9.17, 15) is 0 Å². The third kappa shape index (κ3) is 3.33. The average molecular weight is 251 g/mol. The predicted molar refractivity (Wildman–Crippen MR) is 72.5 cm³/mol. The van der Waals surface area contributed by atoms with Crippen LogP contribution in [-0.4, -0.2) is 35.7 Å². The van der Waals surface area contributed by atoms with Crippen LogP contribution in [0.25, 0.3) is 0 Å². The molecule has 4 heteroatoms. The van der Waals surface area contributed by atoms with Crippen LogP contribution in [0, 0.1) is 19.8 Å². The van der Waals surface area contributed by atoms with Gasteiger partial charge in [0.15, 0.2) is 0 Å². The first-order valence-corrected chi connectivity index (χ1v) is 6.93. The van der Waals surface area contributed by atoms with Crippen molar-refractivity contribution in [1.82, 2.24) is 15.4 Å². The van der Waals surface area contributed by atoms with E-state index >= 15 is 0 Å². The van der Waals surface area contributed by atoms with Gasteiger partial charge in [-0.15, -0.1) is 0 Å². The summed E-state index contributed by atoms with van der Waals surface area (Å²) in [4.78, 5) is 2.51. The van der Waals surface area contributed by atoms with Crippen LogP contribution >= 0.6 is 0 Å². The Morgan fingerprint density at radius 3 is 2.83 bits per heavy atom. The molecular formula is C14H25N3O. The number of piperazine rings is 1. The Hall–Kier alpha value is -0.870. The third-order valence-corrected chi connectivity index (χ3v) is 3.66. The highest BCUT2D eigenvalue weighted by Gasteiger charge is 2.22. The van der Waals surface area contributed by atoms with E-state index in [1.54, 1.807) is 0 Å². The van der Waals surface area contributed by atoms with Gasteiger partial charge < -0.3 is 9.84 Å². The zero-order valence-electron chi connectivity index (χ0n) is 12.0. The monoisotopic (exact) mass is 251 g/mol. The van der Waals surface area contributed by atoms with E-state index in [2.05, 4.69) is 29.2 Å². The highest BCUT2D eigenvalue weighted by Crippen LogP contribution is 2.17. The standard InChI is InChI=1S/C14H25N3O/c1-10(2)7-13-8-17(6-5-15-13)9-14-11(3)16-18-12(14)4/h10,13,15H,5-9H2,1-4H3. The first-order chi connectivity index (χ1) is 8.56. The molecule has 2 heterocycles. The Balaban J connectivity index is 1.93. The highest BCUT2D eigenvalue weighted by molar-refractivity contribution is 5.20. The molecule has 0 bridgehead atoms. The maximum Gasteiger partial charge on any atom is 0.138 e. The second kappa shape index (κ2) is 5.85. The van der Waals surface area contributed by atoms with Gasteiger partial charge in [-0.3, -0.25) is 4.90 Å². The molecule has 1 N–H and O–H groups in total. The number of aryl methyl sites for hydroxylation is 2. The van der Waals surface area contributed by atoms with Crippen LogP contribution in [0.4, 0.5) is 0 Å². The van der Waals surface area contributed by atoms with Gasteiger partial charge in [0.2, 0.25) is 0 Å². The minimum absolute atomic E-state index is 0.624. The van der Waals surface area contributed by atoms with Crippen LogP contribution < -0.4 is 5.32 Å². The maximum atomic E-state index is 5.24. The van der Waals surface area contributed by atoms with Crippen molar-refractivity contribution in [3.05, 3.63) is 17.0 Å². The van der Waals surface area contributed by atoms with Gasteiger partial charge in [0.25, 0.3) is 0 Å². The summed E-state index contributed by atoms with van der Waals surface area (Å²) in [5.41, 5.74) is 2.30. The number of nitrogens with one attached hydrogen (secondary N) is 1. The molecule has 1 aliphatic heterocycles. The van der Waals surface area contributed by atoms with Gasteiger partial charge in [-0.05, 0) is 26.2 Å². The van der Waals surface area contributed by atoms with E-state index in [0.29, 0.717) is 6.04 Å². The molecule has 102 valence electrons. The van der Waals surface area contributed by atoms with E-state index in [1.165, 1.54) is 12.0 Å². The molecule has 0 radical (unpaired) electrons. The second-order valence-corrected chi connectivity index (χ2v) is 5.82. The Kier molecular flexibility index (Phi) is 4.40. The molecule has 1 atom stereocenters. The van der Waals surface area contributed by atoms with Gasteiger partial charge in [-0.2, -0.15) is 0 Å². The van der Waals surface area contributed by atoms with Gasteiger partial charge in [-0.25, -0.2) is 0 Å². The Morgan fingerprint density at radius 1 is 1.44 bits per heavy atom. The molecule has 0 spiro atoms. The number of rotatable bonds is 4. The van der Waals surface area contributed by atoms with Gasteiger partial charge >= 0.3 is 0 Å². The molecule has 0 amide bonds. The summed E-state index contributed by atoms with van der Waals surface area (Å²) < 4.78 is 5.24. The molecule has 2 rings (SSSR count). The molecule has 1 aliphatic rings. The van der Waals surface area contributed by atoms with Gasteiger partial charge in [0, 0.05) is 37.8 Å². The van der Waals surface area contributed by atoms with Crippen molar-refractivity contribution < 1.29 is 4.52 Å². The first-order valence-electron chi connectivity index (χ1n) is 6.93. The molecule has 1 unspecified atom stereocenters. The van der Waals surface area contributed by atoms with Crippen LogP contribution in [0.15, 0.2) is 4.52 Å². The lowest BCUT2D eigenvalue weighted by Gasteiger charge is -2.34. The summed E-state index contributed by atoms with van der Waals surface area (Å²) in [6.45, 7) is 12.9. The Bertz CT molecular complexity index is 367. The molecule has 1 aromatic rings. The number of aromatic nitrogens is 1. The molecule has 0 aromatic carbocycles. The van der Waals surface area contributed by atoms with Gasteiger partial charge in [0.05, 0.1) is 5.69 Å². The zero-order valence-corrected chi connectivity index (χ0v) is 12.0. The molecule has 18 heavy (non-hydrogen) atoms. The fourth-order valence-electron chi connectivity index (χ4n) is 2.72. The highest BCUT2D eigenvalue weighted by atomic mass is 16.5.